The van der Waals surface area contributed by atoms with E-state index in [1.165, 1.54) is 19.3 Å². The third kappa shape index (κ3) is 2.55. The zero-order valence-corrected chi connectivity index (χ0v) is 10.3. The second-order valence-electron chi connectivity index (χ2n) is 4.67. The minimum atomic E-state index is -0.294. The molecule has 0 heterocycles. The lowest BCUT2D eigenvalue weighted by atomic mass is 10.0. The summed E-state index contributed by atoms with van der Waals surface area (Å²) >= 11 is 5.72. The highest BCUT2D eigenvalue weighted by atomic mass is 35.5. The zero-order valence-electron chi connectivity index (χ0n) is 9.52. The highest BCUT2D eigenvalue weighted by molar-refractivity contribution is 6.30. The Labute approximate surface area is 101 Å². The van der Waals surface area contributed by atoms with Crippen molar-refractivity contribution in [1.29, 1.82) is 0 Å². The number of hydrogen-bond acceptors (Lipinski definition) is 1. The van der Waals surface area contributed by atoms with E-state index in [1.54, 1.807) is 18.2 Å². The maximum absolute atomic E-state index is 13.5. The van der Waals surface area contributed by atoms with Gasteiger partial charge < -0.3 is 5.32 Å². The first-order valence-corrected chi connectivity index (χ1v) is 6.18. The van der Waals surface area contributed by atoms with E-state index in [2.05, 4.69) is 12.2 Å². The molecule has 0 amide bonds. The molecule has 1 fully saturated rings. The summed E-state index contributed by atoms with van der Waals surface area (Å²) in [5, 5.41) is 3.53. The summed E-state index contributed by atoms with van der Waals surface area (Å²) in [6.07, 6.45) is 3.81. The molecular weight excluding hydrogens is 225 g/mol. The van der Waals surface area contributed by atoms with Crippen LogP contribution in [-0.2, 0) is 6.54 Å². The summed E-state index contributed by atoms with van der Waals surface area (Å²) in [5.41, 5.74) is 1.15. The van der Waals surface area contributed by atoms with E-state index in [9.17, 15) is 4.39 Å². The molecule has 2 rings (SSSR count). The number of nitrogens with one attached hydrogen (secondary N) is 1. The molecule has 0 saturated heterocycles. The molecule has 0 aromatic heterocycles. The van der Waals surface area contributed by atoms with Gasteiger partial charge >= 0.3 is 0 Å². The van der Waals surface area contributed by atoms with Crippen LogP contribution in [0.4, 0.5) is 4.39 Å². The molecule has 1 aliphatic carbocycles. The lowest BCUT2D eigenvalue weighted by Gasteiger charge is -2.13. The molecule has 1 saturated carbocycles. The maximum atomic E-state index is 13.5. The fraction of sp³-hybridized carbons (Fsp3) is 0.538. The Morgan fingerprint density at radius 3 is 2.81 bits per heavy atom. The van der Waals surface area contributed by atoms with E-state index < -0.39 is 0 Å². The number of rotatable bonds is 5. The van der Waals surface area contributed by atoms with E-state index in [-0.39, 0.29) is 10.8 Å². The van der Waals surface area contributed by atoms with Crippen LogP contribution < -0.4 is 5.32 Å². The first-order valence-electron chi connectivity index (χ1n) is 5.80. The standard InChI is InChI=1S/C13H17ClFN/c1-2-13(6-7-13)9-16-8-10-4-3-5-11(14)12(10)15/h3-5,16H,2,6-9H2,1H3. The number of benzene rings is 1. The minimum Gasteiger partial charge on any atom is -0.312 e. The molecule has 0 radical (unpaired) electrons. The van der Waals surface area contributed by atoms with Crippen molar-refractivity contribution >= 4 is 11.6 Å². The van der Waals surface area contributed by atoms with Gasteiger partial charge in [-0.2, -0.15) is 0 Å². The SMILES string of the molecule is CCC1(CNCc2cccc(Cl)c2F)CC1. The molecule has 0 bridgehead atoms. The van der Waals surface area contributed by atoms with Crippen molar-refractivity contribution in [3.05, 3.63) is 34.6 Å². The van der Waals surface area contributed by atoms with E-state index in [0.29, 0.717) is 17.5 Å². The quantitative estimate of drug-likeness (QED) is 0.828. The highest BCUT2D eigenvalue weighted by Crippen LogP contribution is 2.47. The van der Waals surface area contributed by atoms with Gasteiger partial charge in [-0.25, -0.2) is 4.39 Å². The molecule has 1 aromatic carbocycles. The Balaban J connectivity index is 1.88. The Hall–Kier alpha value is -0.600. The lowest BCUT2D eigenvalue weighted by Crippen LogP contribution is -2.23. The van der Waals surface area contributed by atoms with Crippen LogP contribution in [0.5, 0.6) is 0 Å². The van der Waals surface area contributed by atoms with E-state index in [4.69, 9.17) is 11.6 Å². The third-order valence-electron chi connectivity index (χ3n) is 3.55. The van der Waals surface area contributed by atoms with Gasteiger partial charge in [0.1, 0.15) is 5.82 Å². The van der Waals surface area contributed by atoms with E-state index in [1.807, 2.05) is 0 Å². The van der Waals surface area contributed by atoms with Crippen molar-refractivity contribution in [1.82, 2.24) is 5.32 Å². The van der Waals surface area contributed by atoms with Crippen molar-refractivity contribution in [2.24, 2.45) is 5.41 Å². The largest absolute Gasteiger partial charge is 0.312 e. The molecule has 0 aliphatic heterocycles. The fourth-order valence-corrected chi connectivity index (χ4v) is 2.17. The van der Waals surface area contributed by atoms with Crippen LogP contribution in [0.25, 0.3) is 0 Å². The number of halogens is 2. The Bertz CT molecular complexity index is 374. The van der Waals surface area contributed by atoms with Gasteiger partial charge in [0.2, 0.25) is 0 Å². The van der Waals surface area contributed by atoms with Crippen LogP contribution in [0, 0.1) is 11.2 Å². The van der Waals surface area contributed by atoms with Gasteiger partial charge in [-0.15, -0.1) is 0 Å². The van der Waals surface area contributed by atoms with Crippen LogP contribution in [0.2, 0.25) is 5.02 Å². The Morgan fingerprint density at radius 2 is 2.19 bits per heavy atom. The molecule has 1 N–H and O–H groups in total. The second-order valence-corrected chi connectivity index (χ2v) is 5.08. The molecule has 0 atom stereocenters. The average molecular weight is 242 g/mol. The van der Waals surface area contributed by atoms with Crippen molar-refractivity contribution in [3.63, 3.8) is 0 Å². The molecule has 3 heteroatoms. The van der Waals surface area contributed by atoms with E-state index >= 15 is 0 Å². The fourth-order valence-electron chi connectivity index (χ4n) is 1.98. The van der Waals surface area contributed by atoms with Gasteiger partial charge in [0, 0.05) is 18.7 Å². The molecular formula is C13H17ClFN. The van der Waals surface area contributed by atoms with Gasteiger partial charge in [0.05, 0.1) is 5.02 Å². The summed E-state index contributed by atoms with van der Waals surface area (Å²) in [6, 6.07) is 5.14. The highest BCUT2D eigenvalue weighted by Gasteiger charge is 2.39. The van der Waals surface area contributed by atoms with Crippen LogP contribution in [-0.4, -0.2) is 6.54 Å². The summed E-state index contributed by atoms with van der Waals surface area (Å²) in [7, 11) is 0. The average Bonchev–Trinajstić information content (AvgIpc) is 3.05. The third-order valence-corrected chi connectivity index (χ3v) is 3.85. The summed E-state index contributed by atoms with van der Waals surface area (Å²) in [6.45, 7) is 3.76. The van der Waals surface area contributed by atoms with Crippen molar-refractivity contribution in [2.45, 2.75) is 32.7 Å². The van der Waals surface area contributed by atoms with Gasteiger partial charge in [-0.05, 0) is 30.7 Å². The molecule has 16 heavy (non-hydrogen) atoms. The summed E-state index contributed by atoms with van der Waals surface area (Å²) in [4.78, 5) is 0. The zero-order chi connectivity index (χ0) is 11.6. The molecule has 1 nitrogen and oxygen atoms in total. The first-order chi connectivity index (χ1) is 7.67. The van der Waals surface area contributed by atoms with Crippen LogP contribution in [0.3, 0.4) is 0 Å². The van der Waals surface area contributed by atoms with Crippen LogP contribution in [0.15, 0.2) is 18.2 Å². The molecule has 1 aliphatic rings. The predicted molar refractivity (Wildman–Crippen MR) is 65.1 cm³/mol. The minimum absolute atomic E-state index is 0.205. The Morgan fingerprint density at radius 1 is 1.44 bits per heavy atom. The van der Waals surface area contributed by atoms with Gasteiger partial charge in [0.25, 0.3) is 0 Å². The van der Waals surface area contributed by atoms with Gasteiger partial charge in [-0.3, -0.25) is 0 Å². The van der Waals surface area contributed by atoms with Gasteiger partial charge in [-0.1, -0.05) is 30.7 Å². The normalized spacial score (nSPS) is 17.4. The Kier molecular flexibility index (Phi) is 3.50. The van der Waals surface area contributed by atoms with E-state index in [0.717, 1.165) is 6.54 Å². The van der Waals surface area contributed by atoms with Crippen molar-refractivity contribution in [2.75, 3.05) is 6.54 Å². The first kappa shape index (κ1) is 11.9. The lowest BCUT2D eigenvalue weighted by molar-refractivity contribution is 0.440. The summed E-state index contributed by atoms with van der Waals surface area (Å²) < 4.78 is 13.5. The van der Waals surface area contributed by atoms with Crippen molar-refractivity contribution in [3.8, 4) is 0 Å². The molecule has 0 unspecified atom stereocenters. The van der Waals surface area contributed by atoms with Crippen LogP contribution in [0.1, 0.15) is 31.7 Å². The molecule has 88 valence electrons. The maximum Gasteiger partial charge on any atom is 0.146 e. The predicted octanol–water partition coefficient (Wildman–Crippen LogP) is 3.76. The monoisotopic (exact) mass is 241 g/mol. The second kappa shape index (κ2) is 4.72. The smallest absolute Gasteiger partial charge is 0.146 e. The molecule has 0 spiro atoms. The topological polar surface area (TPSA) is 12.0 Å². The summed E-state index contributed by atoms with van der Waals surface area (Å²) in [5.74, 6) is -0.294. The van der Waals surface area contributed by atoms with Crippen LogP contribution >= 0.6 is 11.6 Å². The molecule has 1 aromatic rings. The number of hydrogen-bond donors (Lipinski definition) is 1. The van der Waals surface area contributed by atoms with Crippen molar-refractivity contribution < 1.29 is 4.39 Å². The van der Waals surface area contributed by atoms with Gasteiger partial charge in [0.15, 0.2) is 0 Å².